The predicted octanol–water partition coefficient (Wildman–Crippen LogP) is 3.17. The fourth-order valence-corrected chi connectivity index (χ4v) is 4.54. The monoisotopic (exact) mass is 362 g/mol. The van der Waals surface area contributed by atoms with Crippen LogP contribution in [0.5, 0.6) is 0 Å². The lowest BCUT2D eigenvalue weighted by Crippen LogP contribution is -2.26. The van der Waals surface area contributed by atoms with Crippen molar-refractivity contribution in [1.29, 1.82) is 0 Å². The predicted molar refractivity (Wildman–Crippen MR) is 96.7 cm³/mol. The van der Waals surface area contributed by atoms with Gasteiger partial charge in [-0.05, 0) is 25.0 Å². The van der Waals surface area contributed by atoms with Crippen LogP contribution in [-0.2, 0) is 22.0 Å². The van der Waals surface area contributed by atoms with Gasteiger partial charge in [0.15, 0.2) is 0 Å². The first-order valence-corrected chi connectivity index (χ1v) is 10.2. The van der Waals surface area contributed by atoms with E-state index in [1.807, 2.05) is 31.5 Å². The number of hydrogen-bond acceptors (Lipinski definition) is 4. The van der Waals surface area contributed by atoms with Crippen molar-refractivity contribution < 1.29 is 8.42 Å². The van der Waals surface area contributed by atoms with E-state index in [0.29, 0.717) is 17.4 Å². The molecule has 2 aromatic rings. The average Bonchev–Trinajstić information content (AvgIpc) is 3.22. The minimum Gasteiger partial charge on any atom is -0.268 e. The summed E-state index contributed by atoms with van der Waals surface area (Å²) < 4.78 is 30.3. The summed E-state index contributed by atoms with van der Waals surface area (Å²) in [6.45, 7) is 6.14. The molecule has 1 N–H and O–H groups in total. The standard InChI is InChI=1S/C18H26N4O2S/c1-18(2,3)17-16(13-22(21-17)15-9-4-5-10-15)25(23,24)20-12-14-8-6-7-11-19-14/h6-8,11,13,15,20H,4-5,9-10,12H2,1-3H3. The zero-order valence-electron chi connectivity index (χ0n) is 15.1. The second-order valence-electron chi connectivity index (χ2n) is 7.66. The second-order valence-corrected chi connectivity index (χ2v) is 9.39. The van der Waals surface area contributed by atoms with Crippen molar-refractivity contribution in [2.75, 3.05) is 0 Å². The van der Waals surface area contributed by atoms with E-state index in [1.54, 1.807) is 24.5 Å². The summed E-state index contributed by atoms with van der Waals surface area (Å²) in [5.74, 6) is 0. The molecule has 0 atom stereocenters. The molecule has 136 valence electrons. The maximum absolute atomic E-state index is 12.9. The highest BCUT2D eigenvalue weighted by Crippen LogP contribution is 2.33. The first-order chi connectivity index (χ1) is 11.8. The van der Waals surface area contributed by atoms with Crippen LogP contribution in [0.4, 0.5) is 0 Å². The number of aromatic nitrogens is 3. The van der Waals surface area contributed by atoms with Gasteiger partial charge < -0.3 is 0 Å². The lowest BCUT2D eigenvalue weighted by atomic mass is 9.92. The van der Waals surface area contributed by atoms with Crippen molar-refractivity contribution >= 4 is 10.0 Å². The summed E-state index contributed by atoms with van der Waals surface area (Å²) in [6, 6.07) is 5.76. The molecule has 7 heteroatoms. The molecule has 25 heavy (non-hydrogen) atoms. The summed E-state index contributed by atoms with van der Waals surface area (Å²) >= 11 is 0. The molecule has 0 unspecified atom stereocenters. The van der Waals surface area contributed by atoms with E-state index in [2.05, 4.69) is 14.8 Å². The Balaban J connectivity index is 1.90. The van der Waals surface area contributed by atoms with Crippen molar-refractivity contribution in [3.05, 3.63) is 42.0 Å². The van der Waals surface area contributed by atoms with Gasteiger partial charge in [0.2, 0.25) is 10.0 Å². The van der Waals surface area contributed by atoms with Crippen LogP contribution in [0.3, 0.4) is 0 Å². The number of nitrogens with zero attached hydrogens (tertiary/aromatic N) is 3. The van der Waals surface area contributed by atoms with Gasteiger partial charge in [0, 0.05) is 17.8 Å². The van der Waals surface area contributed by atoms with E-state index >= 15 is 0 Å². The van der Waals surface area contributed by atoms with Gasteiger partial charge in [-0.25, -0.2) is 13.1 Å². The van der Waals surface area contributed by atoms with Crippen LogP contribution in [0.2, 0.25) is 0 Å². The molecule has 2 heterocycles. The molecule has 6 nitrogen and oxygen atoms in total. The smallest absolute Gasteiger partial charge is 0.244 e. The number of hydrogen-bond donors (Lipinski definition) is 1. The molecule has 0 bridgehead atoms. The number of pyridine rings is 1. The minimum atomic E-state index is -3.65. The Bertz CT molecular complexity index is 817. The van der Waals surface area contributed by atoms with E-state index in [1.165, 1.54) is 12.8 Å². The van der Waals surface area contributed by atoms with Gasteiger partial charge in [0.25, 0.3) is 0 Å². The molecule has 1 saturated carbocycles. The molecule has 0 amide bonds. The Labute approximate surface area is 149 Å². The largest absolute Gasteiger partial charge is 0.268 e. The second kappa shape index (κ2) is 6.88. The number of nitrogens with one attached hydrogen (secondary N) is 1. The molecule has 2 aromatic heterocycles. The molecule has 0 aliphatic heterocycles. The van der Waals surface area contributed by atoms with Crippen molar-refractivity contribution in [3.63, 3.8) is 0 Å². The molecular formula is C18H26N4O2S. The summed E-state index contributed by atoms with van der Waals surface area (Å²) in [7, 11) is -3.65. The van der Waals surface area contributed by atoms with Crippen LogP contribution in [0.15, 0.2) is 35.5 Å². The Morgan fingerprint density at radius 3 is 2.56 bits per heavy atom. The number of rotatable bonds is 5. The SMILES string of the molecule is CC(C)(C)c1nn(C2CCCC2)cc1S(=O)(=O)NCc1ccccn1. The molecule has 0 spiro atoms. The van der Waals surface area contributed by atoms with E-state index in [9.17, 15) is 8.42 Å². The highest BCUT2D eigenvalue weighted by Gasteiger charge is 2.31. The summed E-state index contributed by atoms with van der Waals surface area (Å²) in [5.41, 5.74) is 0.957. The van der Waals surface area contributed by atoms with Gasteiger partial charge in [-0.3, -0.25) is 9.67 Å². The zero-order chi connectivity index (χ0) is 18.1. The van der Waals surface area contributed by atoms with E-state index in [4.69, 9.17) is 0 Å². The van der Waals surface area contributed by atoms with E-state index < -0.39 is 10.0 Å². The number of sulfonamides is 1. The van der Waals surface area contributed by atoms with Crippen molar-refractivity contribution in [2.24, 2.45) is 0 Å². The quantitative estimate of drug-likeness (QED) is 0.886. The third-order valence-corrected chi connectivity index (χ3v) is 5.97. The molecular weight excluding hydrogens is 336 g/mol. The van der Waals surface area contributed by atoms with Crippen LogP contribution in [0, 0.1) is 0 Å². The van der Waals surface area contributed by atoms with Crippen LogP contribution in [-0.4, -0.2) is 23.2 Å². The Hall–Kier alpha value is -1.73. The highest BCUT2D eigenvalue weighted by molar-refractivity contribution is 7.89. The maximum atomic E-state index is 12.9. The lowest BCUT2D eigenvalue weighted by Gasteiger charge is -2.18. The van der Waals surface area contributed by atoms with E-state index in [0.717, 1.165) is 12.8 Å². The molecule has 1 aliphatic rings. The lowest BCUT2D eigenvalue weighted by molar-refractivity contribution is 0.448. The summed E-state index contributed by atoms with van der Waals surface area (Å²) in [5, 5.41) is 4.67. The molecule has 3 rings (SSSR count). The van der Waals surface area contributed by atoms with Crippen LogP contribution < -0.4 is 4.72 Å². The third kappa shape index (κ3) is 4.10. The fourth-order valence-electron chi connectivity index (χ4n) is 3.20. The summed E-state index contributed by atoms with van der Waals surface area (Å²) in [6.07, 6.45) is 7.84. The van der Waals surface area contributed by atoms with Crippen molar-refractivity contribution in [1.82, 2.24) is 19.5 Å². The first kappa shape index (κ1) is 18.1. The van der Waals surface area contributed by atoms with Gasteiger partial charge in [0.1, 0.15) is 4.90 Å². The normalized spacial score (nSPS) is 16.4. The van der Waals surface area contributed by atoms with Gasteiger partial charge >= 0.3 is 0 Å². The molecule has 1 fully saturated rings. The van der Waals surface area contributed by atoms with Crippen LogP contribution in [0.25, 0.3) is 0 Å². The average molecular weight is 362 g/mol. The minimum absolute atomic E-state index is 0.168. The van der Waals surface area contributed by atoms with Crippen LogP contribution >= 0.6 is 0 Å². The van der Waals surface area contributed by atoms with Crippen LogP contribution in [0.1, 0.15) is 63.9 Å². The van der Waals surface area contributed by atoms with Gasteiger partial charge in [-0.15, -0.1) is 0 Å². The molecule has 0 saturated heterocycles. The first-order valence-electron chi connectivity index (χ1n) is 8.76. The zero-order valence-corrected chi connectivity index (χ0v) is 15.9. The molecule has 0 aromatic carbocycles. The van der Waals surface area contributed by atoms with Crippen molar-refractivity contribution in [2.45, 2.75) is 69.4 Å². The fraction of sp³-hybridized carbons (Fsp3) is 0.556. The van der Waals surface area contributed by atoms with Crippen molar-refractivity contribution in [3.8, 4) is 0 Å². The van der Waals surface area contributed by atoms with Gasteiger partial charge in [0.05, 0.1) is 24.0 Å². The maximum Gasteiger partial charge on any atom is 0.244 e. The summed E-state index contributed by atoms with van der Waals surface area (Å²) in [4.78, 5) is 4.45. The molecule has 0 radical (unpaired) electrons. The highest BCUT2D eigenvalue weighted by atomic mass is 32.2. The Morgan fingerprint density at radius 1 is 1.24 bits per heavy atom. The van der Waals surface area contributed by atoms with Gasteiger partial charge in [-0.1, -0.05) is 39.7 Å². The Morgan fingerprint density at radius 2 is 1.96 bits per heavy atom. The van der Waals surface area contributed by atoms with Gasteiger partial charge in [-0.2, -0.15) is 5.10 Å². The topological polar surface area (TPSA) is 76.9 Å². The molecule has 1 aliphatic carbocycles. The Kier molecular flexibility index (Phi) is 4.97. The third-order valence-electron chi connectivity index (χ3n) is 4.57. The van der Waals surface area contributed by atoms with E-state index in [-0.39, 0.29) is 16.9 Å².